The third-order valence-electron chi connectivity index (χ3n) is 4.27. The highest BCUT2D eigenvalue weighted by Gasteiger charge is 2.17. The Balaban J connectivity index is 1.50. The van der Waals surface area contributed by atoms with Crippen molar-refractivity contribution in [3.05, 3.63) is 65.0 Å². The molecule has 0 fully saturated rings. The zero-order valence-electron chi connectivity index (χ0n) is 15.6. The third kappa shape index (κ3) is 4.17. The zero-order chi connectivity index (χ0) is 20.2. The summed E-state index contributed by atoms with van der Waals surface area (Å²) >= 11 is 1.43. The monoisotopic (exact) mass is 410 g/mol. The second kappa shape index (κ2) is 8.24. The van der Waals surface area contributed by atoms with Crippen molar-refractivity contribution >= 4 is 33.8 Å². The minimum absolute atomic E-state index is 0.283. The molecule has 3 aromatic rings. The average molecular weight is 410 g/mol. The van der Waals surface area contributed by atoms with Crippen molar-refractivity contribution in [2.45, 2.75) is 0 Å². The van der Waals surface area contributed by atoms with Crippen molar-refractivity contribution in [2.24, 2.45) is 0 Å². The van der Waals surface area contributed by atoms with Gasteiger partial charge in [0.15, 0.2) is 11.5 Å². The van der Waals surface area contributed by atoms with E-state index in [-0.39, 0.29) is 11.8 Å². The van der Waals surface area contributed by atoms with Crippen molar-refractivity contribution in [1.29, 1.82) is 0 Å². The molecule has 0 radical (unpaired) electrons. The Morgan fingerprint density at radius 3 is 2.55 bits per heavy atom. The van der Waals surface area contributed by atoms with Gasteiger partial charge in [0.25, 0.3) is 11.8 Å². The van der Waals surface area contributed by atoms with Crippen LogP contribution in [0.15, 0.2) is 53.9 Å². The molecule has 1 aromatic heterocycles. The number of thiophene rings is 1. The molecule has 2 heterocycles. The molecule has 0 unspecified atom stereocenters. The lowest BCUT2D eigenvalue weighted by atomic mass is 10.1. The first kappa shape index (κ1) is 18.8. The maximum absolute atomic E-state index is 12.6. The molecule has 0 saturated heterocycles. The summed E-state index contributed by atoms with van der Waals surface area (Å²) < 4.78 is 16.3. The lowest BCUT2D eigenvalue weighted by Crippen LogP contribution is -2.17. The number of benzene rings is 2. The standard InChI is InChI=1S/C21H18N2O5S/c1-26-17-12-14(5-6-15(17)21(25)23-19-3-2-10-29-19)22-20(24)13-4-7-16-18(11-13)28-9-8-27-16/h2-7,10-12H,8-9H2,1H3,(H,22,24)(H,23,25). The minimum Gasteiger partial charge on any atom is -0.496 e. The van der Waals surface area contributed by atoms with Gasteiger partial charge in [-0.2, -0.15) is 0 Å². The van der Waals surface area contributed by atoms with Gasteiger partial charge in [-0.25, -0.2) is 0 Å². The molecular weight excluding hydrogens is 392 g/mol. The predicted molar refractivity (Wildman–Crippen MR) is 111 cm³/mol. The van der Waals surface area contributed by atoms with Gasteiger partial charge in [-0.05, 0) is 47.8 Å². The van der Waals surface area contributed by atoms with Crippen LogP contribution in [-0.4, -0.2) is 32.1 Å². The fourth-order valence-electron chi connectivity index (χ4n) is 2.87. The lowest BCUT2D eigenvalue weighted by Gasteiger charge is -2.18. The number of methoxy groups -OCH3 is 1. The zero-order valence-corrected chi connectivity index (χ0v) is 16.4. The van der Waals surface area contributed by atoms with Crippen molar-refractivity contribution in [3.63, 3.8) is 0 Å². The maximum atomic E-state index is 12.6. The maximum Gasteiger partial charge on any atom is 0.260 e. The largest absolute Gasteiger partial charge is 0.496 e. The molecule has 7 nitrogen and oxygen atoms in total. The van der Waals surface area contributed by atoms with Gasteiger partial charge >= 0.3 is 0 Å². The Hall–Kier alpha value is -3.52. The Bertz CT molecular complexity index is 1050. The van der Waals surface area contributed by atoms with Gasteiger partial charge in [0, 0.05) is 17.3 Å². The topological polar surface area (TPSA) is 85.9 Å². The lowest BCUT2D eigenvalue weighted by molar-refractivity contribution is 0.101. The number of carbonyl (C=O) groups excluding carboxylic acids is 2. The molecule has 0 spiro atoms. The highest BCUT2D eigenvalue weighted by atomic mass is 32.1. The average Bonchev–Trinajstić information content (AvgIpc) is 3.26. The second-order valence-corrected chi connectivity index (χ2v) is 7.11. The van der Waals surface area contributed by atoms with Crippen LogP contribution in [0.4, 0.5) is 10.7 Å². The number of amides is 2. The fourth-order valence-corrected chi connectivity index (χ4v) is 3.49. The third-order valence-corrected chi connectivity index (χ3v) is 5.05. The Morgan fingerprint density at radius 1 is 0.966 bits per heavy atom. The molecule has 0 aliphatic carbocycles. The van der Waals surface area contributed by atoms with Gasteiger partial charge < -0.3 is 24.8 Å². The number of hydrogen-bond donors (Lipinski definition) is 2. The van der Waals surface area contributed by atoms with Crippen molar-refractivity contribution in [1.82, 2.24) is 0 Å². The number of ether oxygens (including phenoxy) is 3. The number of anilines is 2. The molecule has 0 saturated carbocycles. The van der Waals surface area contributed by atoms with E-state index in [4.69, 9.17) is 14.2 Å². The van der Waals surface area contributed by atoms with Crippen molar-refractivity contribution in [2.75, 3.05) is 31.0 Å². The Labute approximate surface area is 171 Å². The summed E-state index contributed by atoms with van der Waals surface area (Å²) in [4.78, 5) is 25.1. The summed E-state index contributed by atoms with van der Waals surface area (Å²) in [7, 11) is 1.48. The first-order chi connectivity index (χ1) is 14.1. The normalized spacial score (nSPS) is 12.2. The van der Waals surface area contributed by atoms with Crippen LogP contribution < -0.4 is 24.8 Å². The number of carbonyl (C=O) groups is 2. The van der Waals surface area contributed by atoms with E-state index in [1.165, 1.54) is 18.4 Å². The van der Waals surface area contributed by atoms with E-state index in [0.717, 1.165) is 5.00 Å². The van der Waals surface area contributed by atoms with E-state index in [0.29, 0.717) is 47.3 Å². The molecular formula is C21H18N2O5S. The predicted octanol–water partition coefficient (Wildman–Crippen LogP) is 4.03. The van der Waals surface area contributed by atoms with E-state index in [9.17, 15) is 9.59 Å². The highest BCUT2D eigenvalue weighted by molar-refractivity contribution is 7.14. The van der Waals surface area contributed by atoms with E-state index < -0.39 is 0 Å². The minimum atomic E-state index is -0.306. The summed E-state index contributed by atoms with van der Waals surface area (Å²) in [6.45, 7) is 0.940. The van der Waals surface area contributed by atoms with Gasteiger partial charge in [0.1, 0.15) is 19.0 Å². The van der Waals surface area contributed by atoms with Crippen LogP contribution in [0, 0.1) is 0 Å². The Kier molecular flexibility index (Phi) is 5.35. The van der Waals surface area contributed by atoms with E-state index in [1.54, 1.807) is 36.4 Å². The number of rotatable bonds is 5. The van der Waals surface area contributed by atoms with E-state index >= 15 is 0 Å². The van der Waals surface area contributed by atoms with Crippen LogP contribution >= 0.6 is 11.3 Å². The summed E-state index contributed by atoms with van der Waals surface area (Å²) in [5.74, 6) is 0.936. The second-order valence-electron chi connectivity index (χ2n) is 6.16. The van der Waals surface area contributed by atoms with Gasteiger partial charge in [0.2, 0.25) is 0 Å². The molecule has 148 valence electrons. The summed E-state index contributed by atoms with van der Waals surface area (Å²) in [5.41, 5.74) is 1.32. The molecule has 1 aliphatic heterocycles. The summed E-state index contributed by atoms with van der Waals surface area (Å²) in [6.07, 6.45) is 0. The van der Waals surface area contributed by atoms with Crippen LogP contribution in [-0.2, 0) is 0 Å². The first-order valence-corrected chi connectivity index (χ1v) is 9.76. The van der Waals surface area contributed by atoms with Crippen LogP contribution in [0.1, 0.15) is 20.7 Å². The molecule has 2 N–H and O–H groups in total. The quantitative estimate of drug-likeness (QED) is 0.663. The van der Waals surface area contributed by atoms with Crippen LogP contribution in [0.25, 0.3) is 0 Å². The molecule has 0 atom stereocenters. The summed E-state index contributed by atoms with van der Waals surface area (Å²) in [6, 6.07) is 13.6. The van der Waals surface area contributed by atoms with Gasteiger partial charge in [-0.3, -0.25) is 9.59 Å². The van der Waals surface area contributed by atoms with Gasteiger partial charge in [-0.1, -0.05) is 0 Å². The number of nitrogens with one attached hydrogen (secondary N) is 2. The van der Waals surface area contributed by atoms with E-state index in [2.05, 4.69) is 10.6 Å². The highest BCUT2D eigenvalue weighted by Crippen LogP contribution is 2.31. The SMILES string of the molecule is COc1cc(NC(=O)c2ccc3c(c2)OCCO3)ccc1C(=O)Nc1cccs1. The van der Waals surface area contributed by atoms with Crippen LogP contribution in [0.2, 0.25) is 0 Å². The number of fused-ring (bicyclic) bond motifs is 1. The number of hydrogen-bond acceptors (Lipinski definition) is 6. The molecule has 2 amide bonds. The van der Waals surface area contributed by atoms with E-state index in [1.807, 2.05) is 17.5 Å². The molecule has 29 heavy (non-hydrogen) atoms. The summed E-state index contributed by atoms with van der Waals surface area (Å²) in [5, 5.41) is 8.24. The molecule has 2 aromatic carbocycles. The van der Waals surface area contributed by atoms with Gasteiger partial charge in [-0.15, -0.1) is 11.3 Å². The molecule has 4 rings (SSSR count). The first-order valence-electron chi connectivity index (χ1n) is 8.88. The van der Waals surface area contributed by atoms with Gasteiger partial charge in [0.05, 0.1) is 17.7 Å². The van der Waals surface area contributed by atoms with Crippen LogP contribution in [0.5, 0.6) is 17.2 Å². The molecule has 1 aliphatic rings. The van der Waals surface area contributed by atoms with Crippen molar-refractivity contribution < 1.29 is 23.8 Å². The van der Waals surface area contributed by atoms with Crippen LogP contribution in [0.3, 0.4) is 0 Å². The fraction of sp³-hybridized carbons (Fsp3) is 0.143. The Morgan fingerprint density at radius 2 is 1.79 bits per heavy atom. The molecule has 0 bridgehead atoms. The smallest absolute Gasteiger partial charge is 0.260 e. The molecule has 8 heteroatoms. The van der Waals surface area contributed by atoms with Crippen molar-refractivity contribution in [3.8, 4) is 17.2 Å².